The molecule has 0 aliphatic carbocycles. The quantitative estimate of drug-likeness (QED) is 0.271. The molecule has 0 aromatic carbocycles. The van der Waals surface area contributed by atoms with Gasteiger partial charge in [0.1, 0.15) is 12.4 Å². The first kappa shape index (κ1) is 22.1. The van der Waals surface area contributed by atoms with Gasteiger partial charge in [0.25, 0.3) is 0 Å². The third kappa shape index (κ3) is 30.7. The second kappa shape index (κ2) is 7.71. The summed E-state index contributed by atoms with van der Waals surface area (Å²) in [4.78, 5) is 0. The topological polar surface area (TPSA) is 8.81 Å². The van der Waals surface area contributed by atoms with Crippen LogP contribution in [0.15, 0.2) is 18.7 Å². The zero-order chi connectivity index (χ0) is 16.5. The Balaban J connectivity index is 0. The van der Waals surface area contributed by atoms with Crippen LogP contribution in [0.2, 0.25) is 0 Å². The van der Waals surface area contributed by atoms with E-state index >= 15 is 0 Å². The number of alkyl halides is 2. The van der Waals surface area contributed by atoms with E-state index in [1.54, 1.807) is 0 Å². The number of unbranched alkanes of at least 4 members (excludes halogenated alkanes) is 1. The molecule has 0 fully saturated rings. The number of nitrogens with zero attached hydrogens (tertiary/aromatic N) is 2. The van der Waals surface area contributed by atoms with Crippen LogP contribution in [0.5, 0.6) is 0 Å². The van der Waals surface area contributed by atoms with Crippen molar-refractivity contribution < 1.29 is 29.7 Å². The summed E-state index contributed by atoms with van der Waals surface area (Å²) in [6, 6.07) is 0. The molecule has 0 aliphatic rings. The van der Waals surface area contributed by atoms with Crippen LogP contribution in [-0.2, 0) is 13.6 Å². The predicted octanol–water partition coefficient (Wildman–Crippen LogP) is 5.92. The van der Waals surface area contributed by atoms with Crippen molar-refractivity contribution in [3.05, 3.63) is 18.7 Å². The molecule has 0 saturated carbocycles. The van der Waals surface area contributed by atoms with Crippen LogP contribution in [0.3, 0.4) is 0 Å². The molecule has 0 amide bonds. The monoisotopic (exact) mass is 368 g/mol. The third-order valence-corrected chi connectivity index (χ3v) is 1.59. The molecule has 1 aromatic rings. The Morgan fingerprint density at radius 3 is 1.75 bits per heavy atom. The Morgan fingerprint density at radius 2 is 1.50 bits per heavy atom. The molecule has 0 radical (unpaired) electrons. The van der Waals surface area contributed by atoms with Crippen molar-refractivity contribution in [1.29, 1.82) is 0 Å². The van der Waals surface area contributed by atoms with E-state index in [2.05, 4.69) is 34.8 Å². The maximum atomic E-state index is 9.87. The second-order valence-electron chi connectivity index (χ2n) is 3.73. The van der Waals surface area contributed by atoms with E-state index in [-0.39, 0.29) is 5.34 Å². The van der Waals surface area contributed by atoms with Crippen LogP contribution in [0, 0.1) is 0 Å². The van der Waals surface area contributed by atoms with Crippen LogP contribution in [-0.4, -0.2) is 9.91 Å². The van der Waals surface area contributed by atoms with Crippen LogP contribution < -0.4 is 4.57 Å². The zero-order valence-electron chi connectivity index (χ0n) is 10.9. The molecule has 0 N–H and O–H groups in total. The van der Waals surface area contributed by atoms with E-state index < -0.39 is 7.81 Å². The molecule has 1 rings (SSSR count). The molecular weight excluding hydrogens is 352 g/mol. The summed E-state index contributed by atoms with van der Waals surface area (Å²) in [5.74, 6) is 0. The Bertz CT molecular complexity index is 366. The average molecular weight is 369 g/mol. The van der Waals surface area contributed by atoms with E-state index in [1.165, 1.54) is 12.8 Å². The zero-order valence-corrected chi connectivity index (χ0v) is 13.3. The summed E-state index contributed by atoms with van der Waals surface area (Å²) in [5.41, 5.74) is 0. The summed E-state index contributed by atoms with van der Waals surface area (Å²) >= 11 is 9.53. The Morgan fingerprint density at radius 1 is 1.10 bits per heavy atom. The molecule has 1 aromatic heterocycles. The van der Waals surface area contributed by atoms with Gasteiger partial charge >= 0.3 is 33.0 Å². The minimum atomic E-state index is -10.7. The van der Waals surface area contributed by atoms with Gasteiger partial charge < -0.3 is 0 Å². The average Bonchev–Trinajstić information content (AvgIpc) is 2.57. The van der Waals surface area contributed by atoms with Gasteiger partial charge in [-0.3, -0.25) is 0 Å². The molecule has 0 bridgehead atoms. The molecular formula is C9H17Cl2F6N2P. The van der Waals surface area contributed by atoms with Crippen molar-refractivity contribution in [1.82, 2.24) is 4.57 Å². The summed E-state index contributed by atoms with van der Waals surface area (Å²) in [6.07, 6.45) is 8.82. The standard InChI is InChI=1S/C8H15N2.CH2Cl2.F6P/c1-3-4-5-10-7-6-9(2)8-10;2-1-3;1-7(2,3,4,5)6/h6-8H,3-5H2,1-2H3;1H2;/q+1;;-1. The van der Waals surface area contributed by atoms with Gasteiger partial charge in [-0.05, 0) is 6.42 Å². The number of aryl methyl sites for hydroxylation is 2. The Hall–Kier alpha value is -0.200. The molecule has 2 nitrogen and oxygen atoms in total. The molecule has 124 valence electrons. The van der Waals surface area contributed by atoms with Gasteiger partial charge in [-0.1, -0.05) is 13.3 Å². The number of hydrogen-bond acceptors (Lipinski definition) is 0. The molecule has 1 heterocycles. The van der Waals surface area contributed by atoms with Crippen LogP contribution in [0.1, 0.15) is 19.8 Å². The summed E-state index contributed by atoms with van der Waals surface area (Å²) in [7, 11) is -8.61. The third-order valence-electron chi connectivity index (χ3n) is 1.59. The second-order valence-corrected chi connectivity index (χ2v) is 6.45. The van der Waals surface area contributed by atoms with E-state index in [9.17, 15) is 25.2 Å². The molecule has 11 heteroatoms. The maximum absolute atomic E-state index is 10.7. The fourth-order valence-electron chi connectivity index (χ4n) is 0.975. The SMILES string of the molecule is CCCC[n+]1ccn(C)c1.ClCCl.F[P-](F)(F)(F)(F)F. The molecule has 0 saturated heterocycles. The predicted molar refractivity (Wildman–Crippen MR) is 70.7 cm³/mol. The van der Waals surface area contributed by atoms with Gasteiger partial charge in [0.15, 0.2) is 0 Å². The minimum absolute atomic E-state index is 0.194. The first-order valence-electron chi connectivity index (χ1n) is 5.39. The van der Waals surface area contributed by atoms with Crippen molar-refractivity contribution in [2.75, 3.05) is 5.34 Å². The Labute approximate surface area is 123 Å². The van der Waals surface area contributed by atoms with E-state index in [0.29, 0.717) is 0 Å². The summed E-state index contributed by atoms with van der Waals surface area (Å²) in [5, 5.41) is 0.194. The number of halogens is 8. The molecule has 0 unspecified atom stereocenters. The normalized spacial score (nSPS) is 14.1. The van der Waals surface area contributed by atoms with Gasteiger partial charge in [0, 0.05) is 0 Å². The summed E-state index contributed by atoms with van der Waals surface area (Å²) < 4.78 is 63.5. The number of imidazole rings is 1. The first-order valence-corrected chi connectivity index (χ1v) is 8.48. The molecule has 20 heavy (non-hydrogen) atoms. The van der Waals surface area contributed by atoms with E-state index in [4.69, 9.17) is 23.2 Å². The van der Waals surface area contributed by atoms with Crippen molar-refractivity contribution in [3.63, 3.8) is 0 Å². The Kier molecular flexibility index (Phi) is 8.51. The van der Waals surface area contributed by atoms with Crippen molar-refractivity contribution in [2.45, 2.75) is 26.3 Å². The van der Waals surface area contributed by atoms with Crippen molar-refractivity contribution in [2.24, 2.45) is 7.05 Å². The van der Waals surface area contributed by atoms with Gasteiger partial charge in [0.05, 0.1) is 18.9 Å². The summed E-state index contributed by atoms with van der Waals surface area (Å²) in [6.45, 7) is 3.36. The van der Waals surface area contributed by atoms with Gasteiger partial charge in [0.2, 0.25) is 6.33 Å². The van der Waals surface area contributed by atoms with Gasteiger partial charge in [-0.15, -0.1) is 23.2 Å². The van der Waals surface area contributed by atoms with Gasteiger partial charge in [-0.25, -0.2) is 9.13 Å². The van der Waals surface area contributed by atoms with Crippen LogP contribution in [0.25, 0.3) is 0 Å². The number of aromatic nitrogens is 2. The molecule has 0 aliphatic heterocycles. The van der Waals surface area contributed by atoms with Crippen molar-refractivity contribution >= 4 is 31.0 Å². The van der Waals surface area contributed by atoms with Crippen molar-refractivity contribution in [3.8, 4) is 0 Å². The van der Waals surface area contributed by atoms with Gasteiger partial charge in [-0.2, -0.15) is 0 Å². The first-order chi connectivity index (χ1) is 8.69. The molecule has 0 spiro atoms. The fourth-order valence-corrected chi connectivity index (χ4v) is 0.975. The fraction of sp³-hybridized carbons (Fsp3) is 0.667. The van der Waals surface area contributed by atoms with E-state index in [0.717, 1.165) is 6.54 Å². The van der Waals surface area contributed by atoms with E-state index in [1.807, 2.05) is 7.05 Å². The van der Waals surface area contributed by atoms with Crippen LogP contribution in [0.4, 0.5) is 25.2 Å². The van der Waals surface area contributed by atoms with Crippen LogP contribution >= 0.6 is 31.0 Å². The molecule has 0 atom stereocenters. The number of hydrogen-bond donors (Lipinski definition) is 0. The number of rotatable bonds is 3.